The maximum Gasteiger partial charge on any atom is 0.228 e. The Kier molecular flexibility index (Phi) is 5.15. The molecule has 0 unspecified atom stereocenters. The fourth-order valence-electron chi connectivity index (χ4n) is 4.40. The Hall–Kier alpha value is -2.53. The monoisotopic (exact) mass is 407 g/mol. The molecule has 0 amide bonds. The van der Waals surface area contributed by atoms with Crippen LogP contribution in [0.15, 0.2) is 48.5 Å². The van der Waals surface area contributed by atoms with Crippen molar-refractivity contribution >= 4 is 40.0 Å². The van der Waals surface area contributed by atoms with Gasteiger partial charge < -0.3 is 15.1 Å². The van der Waals surface area contributed by atoms with Crippen LogP contribution in [0.25, 0.3) is 10.9 Å². The molecule has 0 spiro atoms. The molecular formula is C23H26ClN5. The van der Waals surface area contributed by atoms with Gasteiger partial charge in [0.05, 0.1) is 5.52 Å². The van der Waals surface area contributed by atoms with E-state index >= 15 is 0 Å². The minimum absolute atomic E-state index is 0.530. The lowest BCUT2D eigenvalue weighted by Gasteiger charge is -2.36. The highest BCUT2D eigenvalue weighted by molar-refractivity contribution is 6.30. The van der Waals surface area contributed by atoms with Crippen molar-refractivity contribution in [3.05, 3.63) is 53.6 Å². The largest absolute Gasteiger partial charge is 0.368 e. The molecule has 6 heteroatoms. The molecule has 0 atom stereocenters. The first-order valence-electron chi connectivity index (χ1n) is 10.5. The van der Waals surface area contributed by atoms with Crippen molar-refractivity contribution in [1.82, 2.24) is 9.97 Å². The predicted molar refractivity (Wildman–Crippen MR) is 121 cm³/mol. The van der Waals surface area contributed by atoms with E-state index in [1.807, 2.05) is 12.1 Å². The quantitative estimate of drug-likeness (QED) is 0.661. The second-order valence-corrected chi connectivity index (χ2v) is 8.40. The summed E-state index contributed by atoms with van der Waals surface area (Å²) in [6, 6.07) is 16.9. The molecule has 1 saturated carbocycles. The van der Waals surface area contributed by atoms with Gasteiger partial charge in [-0.05, 0) is 49.2 Å². The second-order valence-electron chi connectivity index (χ2n) is 7.97. The minimum Gasteiger partial charge on any atom is -0.368 e. The molecular weight excluding hydrogens is 382 g/mol. The highest BCUT2D eigenvalue weighted by atomic mass is 35.5. The number of hydrogen-bond acceptors (Lipinski definition) is 5. The number of nitrogens with one attached hydrogen (secondary N) is 1. The van der Waals surface area contributed by atoms with E-state index in [1.54, 1.807) is 0 Å². The number of halogens is 1. The van der Waals surface area contributed by atoms with Crippen LogP contribution in [0.1, 0.15) is 25.7 Å². The Balaban J connectivity index is 1.36. The lowest BCUT2D eigenvalue weighted by Crippen LogP contribution is -2.47. The molecule has 3 aromatic rings. The summed E-state index contributed by atoms with van der Waals surface area (Å²) in [7, 11) is 0. The average molecular weight is 408 g/mol. The van der Waals surface area contributed by atoms with Crippen LogP contribution >= 0.6 is 11.6 Å². The zero-order chi connectivity index (χ0) is 19.6. The number of anilines is 3. The van der Waals surface area contributed by atoms with Crippen LogP contribution in [0.3, 0.4) is 0 Å². The third-order valence-electron chi connectivity index (χ3n) is 6.04. The summed E-state index contributed by atoms with van der Waals surface area (Å²) in [6.07, 6.45) is 5.07. The van der Waals surface area contributed by atoms with Gasteiger partial charge in [-0.25, -0.2) is 4.98 Å². The van der Waals surface area contributed by atoms with Gasteiger partial charge in [0.25, 0.3) is 0 Å². The number of aromatic nitrogens is 2. The third kappa shape index (κ3) is 3.97. The lowest BCUT2D eigenvalue weighted by molar-refractivity contribution is 0.641. The topological polar surface area (TPSA) is 44.3 Å². The molecule has 1 aliphatic heterocycles. The second kappa shape index (κ2) is 8.07. The van der Waals surface area contributed by atoms with Gasteiger partial charge in [-0.2, -0.15) is 4.98 Å². The van der Waals surface area contributed by atoms with Crippen molar-refractivity contribution in [2.75, 3.05) is 41.3 Å². The Labute approximate surface area is 176 Å². The maximum atomic E-state index is 6.03. The maximum absolute atomic E-state index is 6.03. The SMILES string of the molecule is Clc1ccc(N2CCN(c3nc(NC4CCCC4)c4ccccc4n3)CC2)cc1. The number of piperazine rings is 1. The normalized spacial score (nSPS) is 17.8. The fourth-order valence-corrected chi connectivity index (χ4v) is 4.52. The van der Waals surface area contributed by atoms with Crippen molar-refractivity contribution in [3.8, 4) is 0 Å². The van der Waals surface area contributed by atoms with Crippen LogP contribution in [-0.4, -0.2) is 42.2 Å². The molecule has 2 aliphatic rings. The summed E-state index contributed by atoms with van der Waals surface area (Å²) in [5, 5.41) is 5.59. The molecule has 5 rings (SSSR count). The molecule has 150 valence electrons. The van der Waals surface area contributed by atoms with Crippen molar-refractivity contribution < 1.29 is 0 Å². The van der Waals surface area contributed by atoms with Crippen LogP contribution in [0.4, 0.5) is 17.5 Å². The fraction of sp³-hybridized carbons (Fsp3) is 0.391. The highest BCUT2D eigenvalue weighted by Gasteiger charge is 2.22. The van der Waals surface area contributed by atoms with Gasteiger partial charge in [-0.3, -0.25) is 0 Å². The number of fused-ring (bicyclic) bond motifs is 1. The molecule has 5 nitrogen and oxygen atoms in total. The molecule has 2 aromatic carbocycles. The molecule has 1 aliphatic carbocycles. The van der Waals surface area contributed by atoms with E-state index in [0.29, 0.717) is 6.04 Å². The molecule has 2 heterocycles. The van der Waals surface area contributed by atoms with Crippen molar-refractivity contribution in [1.29, 1.82) is 0 Å². The van der Waals surface area contributed by atoms with Gasteiger partial charge in [-0.1, -0.05) is 36.6 Å². The Bertz CT molecular complexity index is 976. The van der Waals surface area contributed by atoms with E-state index in [4.69, 9.17) is 21.6 Å². The molecule has 0 radical (unpaired) electrons. The minimum atomic E-state index is 0.530. The summed E-state index contributed by atoms with van der Waals surface area (Å²) in [5.41, 5.74) is 2.23. The van der Waals surface area contributed by atoms with Gasteiger partial charge >= 0.3 is 0 Å². The van der Waals surface area contributed by atoms with Crippen LogP contribution in [0.5, 0.6) is 0 Å². The molecule has 1 N–H and O–H groups in total. The van der Waals surface area contributed by atoms with E-state index < -0.39 is 0 Å². The smallest absolute Gasteiger partial charge is 0.228 e. The Morgan fingerprint density at radius 3 is 2.28 bits per heavy atom. The zero-order valence-corrected chi connectivity index (χ0v) is 17.3. The van der Waals surface area contributed by atoms with Crippen molar-refractivity contribution in [2.24, 2.45) is 0 Å². The number of para-hydroxylation sites is 1. The Morgan fingerprint density at radius 1 is 0.828 bits per heavy atom. The first kappa shape index (κ1) is 18.5. The van der Waals surface area contributed by atoms with Gasteiger partial charge in [-0.15, -0.1) is 0 Å². The lowest BCUT2D eigenvalue weighted by atomic mass is 10.2. The summed E-state index contributed by atoms with van der Waals surface area (Å²) < 4.78 is 0. The van der Waals surface area contributed by atoms with E-state index in [1.165, 1.54) is 31.4 Å². The molecule has 29 heavy (non-hydrogen) atoms. The number of rotatable bonds is 4. The standard InChI is InChI=1S/C23H26ClN5/c24-17-9-11-19(12-10-17)28-13-15-29(16-14-28)23-26-21-8-4-3-7-20(21)22(27-23)25-18-5-1-2-6-18/h3-4,7-12,18H,1-2,5-6,13-16H2,(H,25,26,27). The van der Waals surface area contributed by atoms with Crippen LogP contribution < -0.4 is 15.1 Å². The first-order valence-corrected chi connectivity index (χ1v) is 10.9. The van der Waals surface area contributed by atoms with Gasteiger partial charge in [0.15, 0.2) is 0 Å². The molecule has 0 bridgehead atoms. The molecule has 1 aromatic heterocycles. The van der Waals surface area contributed by atoms with Crippen molar-refractivity contribution in [3.63, 3.8) is 0 Å². The third-order valence-corrected chi connectivity index (χ3v) is 6.29. The van der Waals surface area contributed by atoms with Gasteiger partial charge in [0.1, 0.15) is 5.82 Å². The van der Waals surface area contributed by atoms with Gasteiger partial charge in [0, 0.05) is 48.3 Å². The van der Waals surface area contributed by atoms with E-state index in [0.717, 1.165) is 53.9 Å². The summed E-state index contributed by atoms with van der Waals surface area (Å²) in [4.78, 5) is 14.5. The Morgan fingerprint density at radius 2 is 1.52 bits per heavy atom. The predicted octanol–water partition coefficient (Wildman–Crippen LogP) is 4.96. The summed E-state index contributed by atoms with van der Waals surface area (Å²) >= 11 is 6.03. The van der Waals surface area contributed by atoms with E-state index in [9.17, 15) is 0 Å². The number of benzene rings is 2. The first-order chi connectivity index (χ1) is 14.3. The summed E-state index contributed by atoms with van der Waals surface area (Å²) in [6.45, 7) is 3.71. The highest BCUT2D eigenvalue weighted by Crippen LogP contribution is 2.28. The average Bonchev–Trinajstić information content (AvgIpc) is 3.27. The van der Waals surface area contributed by atoms with Crippen LogP contribution in [0, 0.1) is 0 Å². The number of hydrogen-bond donors (Lipinski definition) is 1. The van der Waals surface area contributed by atoms with Gasteiger partial charge in [0.2, 0.25) is 5.95 Å². The van der Waals surface area contributed by atoms with Crippen LogP contribution in [0.2, 0.25) is 5.02 Å². The van der Waals surface area contributed by atoms with Crippen molar-refractivity contribution in [2.45, 2.75) is 31.7 Å². The van der Waals surface area contributed by atoms with E-state index in [2.05, 4.69) is 51.5 Å². The van der Waals surface area contributed by atoms with Crippen LogP contribution in [-0.2, 0) is 0 Å². The number of nitrogens with zero attached hydrogens (tertiary/aromatic N) is 4. The molecule has 1 saturated heterocycles. The zero-order valence-electron chi connectivity index (χ0n) is 16.5. The summed E-state index contributed by atoms with van der Waals surface area (Å²) in [5.74, 6) is 1.82. The molecule has 2 fully saturated rings. The van der Waals surface area contributed by atoms with E-state index in [-0.39, 0.29) is 0 Å².